The third-order valence-electron chi connectivity index (χ3n) is 6.20. The summed E-state index contributed by atoms with van der Waals surface area (Å²) in [5.74, 6) is -0.298. The second kappa shape index (κ2) is 4.70. The van der Waals surface area contributed by atoms with E-state index in [1.807, 2.05) is 27.8 Å². The Hall–Kier alpha value is -1.10. The Balaban J connectivity index is 1.96. The van der Waals surface area contributed by atoms with E-state index in [-0.39, 0.29) is 35.5 Å². The van der Waals surface area contributed by atoms with Gasteiger partial charge >= 0.3 is 5.97 Å². The van der Waals surface area contributed by atoms with E-state index in [1.54, 1.807) is 4.90 Å². The summed E-state index contributed by atoms with van der Waals surface area (Å²) in [5.41, 5.74) is -0.477. The third-order valence-corrected chi connectivity index (χ3v) is 6.20. The Labute approximate surface area is 125 Å². The van der Waals surface area contributed by atoms with E-state index in [1.165, 1.54) is 0 Å². The van der Waals surface area contributed by atoms with E-state index in [9.17, 15) is 14.7 Å². The summed E-state index contributed by atoms with van der Waals surface area (Å²) in [4.78, 5) is 26.7. The van der Waals surface area contributed by atoms with E-state index in [0.717, 1.165) is 19.4 Å². The van der Waals surface area contributed by atoms with Crippen molar-refractivity contribution in [3.8, 4) is 0 Å². The molecule has 0 radical (unpaired) electrons. The van der Waals surface area contributed by atoms with Crippen molar-refractivity contribution < 1.29 is 19.4 Å². The van der Waals surface area contributed by atoms with Gasteiger partial charge in [0.25, 0.3) is 0 Å². The van der Waals surface area contributed by atoms with Crippen molar-refractivity contribution >= 4 is 11.9 Å². The zero-order valence-corrected chi connectivity index (χ0v) is 13.2. The summed E-state index contributed by atoms with van der Waals surface area (Å²) >= 11 is 0. The first-order valence-corrected chi connectivity index (χ1v) is 7.92. The Morgan fingerprint density at radius 2 is 2.00 bits per heavy atom. The first-order valence-electron chi connectivity index (χ1n) is 7.92. The quantitative estimate of drug-likeness (QED) is 0.779. The summed E-state index contributed by atoms with van der Waals surface area (Å²) < 4.78 is 5.11. The molecule has 2 saturated heterocycles. The average molecular weight is 295 g/mol. The van der Waals surface area contributed by atoms with Crippen LogP contribution in [-0.2, 0) is 14.3 Å². The molecule has 3 aliphatic rings. The number of hydrogen-bond donors (Lipinski definition) is 1. The van der Waals surface area contributed by atoms with Gasteiger partial charge in [0.2, 0.25) is 12.2 Å². The third kappa shape index (κ3) is 1.86. The maximum Gasteiger partial charge on any atom is 0.312 e. The van der Waals surface area contributed by atoms with E-state index in [0.29, 0.717) is 5.92 Å². The number of rotatable bonds is 2. The van der Waals surface area contributed by atoms with Gasteiger partial charge in [-0.2, -0.15) is 0 Å². The summed E-state index contributed by atoms with van der Waals surface area (Å²) in [6.07, 6.45) is 0.817. The topological polar surface area (TPSA) is 66.8 Å². The largest absolute Gasteiger partial charge is 0.435 e. The second-order valence-electron chi connectivity index (χ2n) is 7.52. The molecule has 118 valence electrons. The minimum absolute atomic E-state index is 0.0167. The number of nitrogens with zero attached hydrogens (tertiary/aromatic N) is 1. The number of likely N-dealkylation sites (tertiary alicyclic amines) is 1. The van der Waals surface area contributed by atoms with Gasteiger partial charge in [-0.1, -0.05) is 20.8 Å². The van der Waals surface area contributed by atoms with Crippen LogP contribution in [0.25, 0.3) is 0 Å². The zero-order valence-electron chi connectivity index (χ0n) is 13.2. The highest BCUT2D eigenvalue weighted by Gasteiger charge is 2.63. The smallest absolute Gasteiger partial charge is 0.312 e. The molecule has 1 saturated carbocycles. The van der Waals surface area contributed by atoms with Crippen LogP contribution in [0.5, 0.6) is 0 Å². The highest BCUT2D eigenvalue weighted by molar-refractivity contribution is 5.87. The first-order chi connectivity index (χ1) is 9.78. The van der Waals surface area contributed by atoms with Crippen molar-refractivity contribution in [1.29, 1.82) is 0 Å². The van der Waals surface area contributed by atoms with Crippen molar-refractivity contribution in [3.63, 3.8) is 0 Å². The van der Waals surface area contributed by atoms with Crippen LogP contribution in [0, 0.1) is 35.0 Å². The van der Waals surface area contributed by atoms with E-state index in [4.69, 9.17) is 4.74 Å². The minimum Gasteiger partial charge on any atom is -0.435 e. The number of ether oxygens (including phenoxy) is 1. The molecule has 5 nitrogen and oxygen atoms in total. The predicted octanol–water partition coefficient (Wildman–Crippen LogP) is 1.25. The molecular formula is C16H25NO4. The van der Waals surface area contributed by atoms with Crippen molar-refractivity contribution in [2.75, 3.05) is 13.6 Å². The van der Waals surface area contributed by atoms with Crippen LogP contribution in [0.2, 0.25) is 0 Å². The number of carbonyl (C=O) groups is 2. The lowest BCUT2D eigenvalue weighted by atomic mass is 9.65. The van der Waals surface area contributed by atoms with Crippen LogP contribution in [0.1, 0.15) is 33.6 Å². The number of cyclic esters (lactones) is 1. The van der Waals surface area contributed by atoms with E-state index in [2.05, 4.69) is 0 Å². The van der Waals surface area contributed by atoms with Crippen LogP contribution in [-0.4, -0.2) is 41.8 Å². The molecule has 3 rings (SSSR count). The van der Waals surface area contributed by atoms with Gasteiger partial charge in [0.05, 0.1) is 11.3 Å². The van der Waals surface area contributed by atoms with Crippen LogP contribution >= 0.6 is 0 Å². The Morgan fingerprint density at radius 1 is 1.33 bits per heavy atom. The molecule has 2 aliphatic heterocycles. The van der Waals surface area contributed by atoms with Crippen LogP contribution in [0.4, 0.5) is 0 Å². The lowest BCUT2D eigenvalue weighted by molar-refractivity contribution is -0.158. The normalized spacial score (nSPS) is 46.4. The SMILES string of the molecule is CC(C)[C@@H]1[C@@H]([C@@H]2CC[C@@H]3CN(C)C(=O)[C@@]32C)C(=O)O[C@H]1O. The van der Waals surface area contributed by atoms with Gasteiger partial charge in [0.1, 0.15) is 0 Å². The van der Waals surface area contributed by atoms with Crippen molar-refractivity contribution in [3.05, 3.63) is 0 Å². The molecule has 0 spiro atoms. The van der Waals surface area contributed by atoms with Crippen LogP contribution in [0.3, 0.4) is 0 Å². The number of hydrogen-bond acceptors (Lipinski definition) is 4. The number of esters is 1. The summed E-state index contributed by atoms with van der Waals surface area (Å²) in [5, 5.41) is 10.1. The van der Waals surface area contributed by atoms with E-state index < -0.39 is 11.7 Å². The molecule has 1 N–H and O–H groups in total. The van der Waals surface area contributed by atoms with Gasteiger partial charge in [-0.05, 0) is 30.6 Å². The lowest BCUT2D eigenvalue weighted by Crippen LogP contribution is -2.43. The molecule has 0 aromatic rings. The summed E-state index contributed by atoms with van der Waals surface area (Å²) in [6.45, 7) is 6.79. The number of aliphatic hydroxyl groups is 1. The van der Waals surface area contributed by atoms with Gasteiger partial charge in [0, 0.05) is 19.5 Å². The monoisotopic (exact) mass is 295 g/mol. The summed E-state index contributed by atoms with van der Waals surface area (Å²) in [6, 6.07) is 0. The highest BCUT2D eigenvalue weighted by atomic mass is 16.6. The molecule has 0 aromatic carbocycles. The molecule has 0 aromatic heterocycles. The molecule has 6 atom stereocenters. The molecule has 1 amide bonds. The maximum atomic E-state index is 12.7. The van der Waals surface area contributed by atoms with Gasteiger partial charge < -0.3 is 14.7 Å². The molecule has 0 bridgehead atoms. The van der Waals surface area contributed by atoms with Crippen molar-refractivity contribution in [2.45, 2.75) is 39.9 Å². The second-order valence-corrected chi connectivity index (χ2v) is 7.52. The number of amides is 1. The highest BCUT2D eigenvalue weighted by Crippen LogP contribution is 2.58. The fourth-order valence-corrected chi connectivity index (χ4v) is 5.06. The van der Waals surface area contributed by atoms with Gasteiger partial charge in [-0.25, -0.2) is 0 Å². The first kappa shape index (κ1) is 14.8. The molecule has 5 heteroatoms. The van der Waals surface area contributed by atoms with Crippen molar-refractivity contribution in [2.24, 2.45) is 35.0 Å². The number of carbonyl (C=O) groups excluding carboxylic acids is 2. The zero-order chi connectivity index (χ0) is 15.5. The van der Waals surface area contributed by atoms with E-state index >= 15 is 0 Å². The fraction of sp³-hybridized carbons (Fsp3) is 0.875. The fourth-order valence-electron chi connectivity index (χ4n) is 5.06. The molecule has 1 aliphatic carbocycles. The van der Waals surface area contributed by atoms with Gasteiger partial charge in [-0.15, -0.1) is 0 Å². The van der Waals surface area contributed by atoms with Crippen LogP contribution in [0.15, 0.2) is 0 Å². The minimum atomic E-state index is -1.03. The van der Waals surface area contributed by atoms with Crippen molar-refractivity contribution in [1.82, 2.24) is 4.90 Å². The molecule has 3 fully saturated rings. The van der Waals surface area contributed by atoms with Gasteiger partial charge in [0.15, 0.2) is 0 Å². The standard InChI is InChI=1S/C16H25NO4/c1-8(2)11-12(14(19)21-13(11)18)10-6-5-9-7-17(4)15(20)16(9,10)3/h8-13,18H,5-7H2,1-4H3/t9-,10+,11-,12-,13-,16+/m1/s1. The maximum absolute atomic E-state index is 12.7. The number of fused-ring (bicyclic) bond motifs is 1. The predicted molar refractivity (Wildman–Crippen MR) is 75.9 cm³/mol. The molecule has 0 unspecified atom stereocenters. The number of aliphatic hydroxyl groups excluding tert-OH is 1. The molecule has 21 heavy (non-hydrogen) atoms. The molecular weight excluding hydrogens is 270 g/mol. The van der Waals surface area contributed by atoms with Crippen LogP contribution < -0.4 is 0 Å². The molecule has 2 heterocycles. The van der Waals surface area contributed by atoms with Gasteiger partial charge in [-0.3, -0.25) is 9.59 Å². The average Bonchev–Trinajstić information content (AvgIpc) is 2.93. The Kier molecular flexibility index (Phi) is 3.32. The lowest BCUT2D eigenvalue weighted by Gasteiger charge is -2.35. The summed E-state index contributed by atoms with van der Waals surface area (Å²) in [7, 11) is 1.84. The Bertz CT molecular complexity index is 477. The Morgan fingerprint density at radius 3 is 2.62 bits per heavy atom.